The summed E-state index contributed by atoms with van der Waals surface area (Å²) in [5.74, 6) is -0.0150. The third-order valence-electron chi connectivity index (χ3n) is 4.26. The molecule has 1 N–H and O–H groups in total. The van der Waals surface area contributed by atoms with Crippen LogP contribution >= 0.6 is 0 Å². The van der Waals surface area contributed by atoms with Crippen molar-refractivity contribution in [2.45, 2.75) is 13.3 Å². The minimum absolute atomic E-state index is 0.0150. The summed E-state index contributed by atoms with van der Waals surface area (Å²) >= 11 is 0. The van der Waals surface area contributed by atoms with E-state index in [1.165, 1.54) is 0 Å². The second-order valence-electron chi connectivity index (χ2n) is 5.69. The van der Waals surface area contributed by atoms with Crippen LogP contribution in [0.4, 0.5) is 0 Å². The third kappa shape index (κ3) is 1.84. The van der Waals surface area contributed by atoms with Crippen LogP contribution in [-0.2, 0) is 0 Å². The lowest BCUT2D eigenvalue weighted by molar-refractivity contribution is 0.104. The van der Waals surface area contributed by atoms with Crippen LogP contribution in [0.15, 0.2) is 53.3 Å². The van der Waals surface area contributed by atoms with Gasteiger partial charge in [0.05, 0.1) is 11.3 Å². The van der Waals surface area contributed by atoms with E-state index in [2.05, 4.69) is 5.43 Å². The van der Waals surface area contributed by atoms with Crippen molar-refractivity contribution in [3.8, 4) is 11.3 Å². The highest BCUT2D eigenvalue weighted by Gasteiger charge is 2.32. The van der Waals surface area contributed by atoms with Crippen molar-refractivity contribution >= 4 is 16.6 Å². The van der Waals surface area contributed by atoms with Gasteiger partial charge in [-0.15, -0.1) is 0 Å². The molecular formula is C19H16N2O2. The Morgan fingerprint density at radius 1 is 0.913 bits per heavy atom. The fourth-order valence-corrected chi connectivity index (χ4v) is 3.23. The number of nitrogens with zero attached hydrogens (tertiary/aromatic N) is 1. The van der Waals surface area contributed by atoms with Gasteiger partial charge in [-0.05, 0) is 12.5 Å². The number of hydrogen-bond acceptors (Lipinski definition) is 3. The minimum Gasteiger partial charge on any atom is -0.323 e. The van der Waals surface area contributed by atoms with E-state index < -0.39 is 0 Å². The van der Waals surface area contributed by atoms with Crippen LogP contribution in [0.1, 0.15) is 29.3 Å². The molecule has 4 heteroatoms. The van der Waals surface area contributed by atoms with Crippen molar-refractivity contribution in [3.05, 3.63) is 70.0 Å². The van der Waals surface area contributed by atoms with E-state index in [9.17, 15) is 9.59 Å². The molecule has 1 aliphatic rings. The van der Waals surface area contributed by atoms with Gasteiger partial charge < -0.3 is 5.43 Å². The van der Waals surface area contributed by atoms with Gasteiger partial charge in [0.1, 0.15) is 0 Å². The van der Waals surface area contributed by atoms with Gasteiger partial charge in [0.15, 0.2) is 5.78 Å². The molecule has 0 fully saturated rings. The van der Waals surface area contributed by atoms with E-state index >= 15 is 0 Å². The Kier molecular flexibility index (Phi) is 3.05. The molecule has 0 aliphatic heterocycles. The zero-order chi connectivity index (χ0) is 16.0. The number of rotatable bonds is 3. The molecule has 0 radical (unpaired) electrons. The lowest BCUT2D eigenvalue weighted by atomic mass is 10.0. The SMILES string of the molecule is CCCNn1c2c(c3ccccc3c1=O)C(=O)c1ccccc1-2. The van der Waals surface area contributed by atoms with Crippen molar-refractivity contribution in [1.29, 1.82) is 0 Å². The van der Waals surface area contributed by atoms with E-state index in [1.54, 1.807) is 10.7 Å². The molecule has 1 heterocycles. The number of ketones is 1. The summed E-state index contributed by atoms with van der Waals surface area (Å²) in [5.41, 5.74) is 5.83. The molecule has 0 bridgehead atoms. The maximum Gasteiger partial charge on any atom is 0.277 e. The molecule has 3 aromatic rings. The van der Waals surface area contributed by atoms with E-state index in [1.807, 2.05) is 49.4 Å². The first-order valence-electron chi connectivity index (χ1n) is 7.79. The Hall–Kier alpha value is -2.88. The predicted molar refractivity (Wildman–Crippen MR) is 91.6 cm³/mol. The van der Waals surface area contributed by atoms with Crippen LogP contribution in [0.2, 0.25) is 0 Å². The van der Waals surface area contributed by atoms with Crippen molar-refractivity contribution in [1.82, 2.24) is 4.68 Å². The zero-order valence-electron chi connectivity index (χ0n) is 12.8. The standard InChI is InChI=1S/C19H16N2O2/c1-2-11-20-21-17-13-8-4-5-9-14(13)18(22)16(17)12-7-3-6-10-15(12)19(21)23/h3-10,20H,2,11H2,1H3. The molecule has 0 amide bonds. The second-order valence-corrected chi connectivity index (χ2v) is 5.69. The van der Waals surface area contributed by atoms with Gasteiger partial charge in [-0.2, -0.15) is 0 Å². The molecule has 23 heavy (non-hydrogen) atoms. The lowest BCUT2D eigenvalue weighted by Crippen LogP contribution is -2.31. The largest absolute Gasteiger partial charge is 0.323 e. The maximum absolute atomic E-state index is 12.9. The number of benzene rings is 2. The molecule has 0 atom stereocenters. The molecule has 0 saturated carbocycles. The number of fused-ring (bicyclic) bond motifs is 5. The molecule has 0 unspecified atom stereocenters. The zero-order valence-corrected chi connectivity index (χ0v) is 12.8. The van der Waals surface area contributed by atoms with Crippen molar-refractivity contribution in [3.63, 3.8) is 0 Å². The Balaban J connectivity index is 2.16. The van der Waals surface area contributed by atoms with Crippen LogP contribution in [0.25, 0.3) is 22.0 Å². The van der Waals surface area contributed by atoms with Gasteiger partial charge >= 0.3 is 0 Å². The van der Waals surface area contributed by atoms with Gasteiger partial charge in [-0.25, -0.2) is 4.68 Å². The Morgan fingerprint density at radius 3 is 2.30 bits per heavy atom. The molecule has 4 nitrogen and oxygen atoms in total. The molecule has 1 aromatic heterocycles. The molecular weight excluding hydrogens is 288 g/mol. The quantitative estimate of drug-likeness (QED) is 0.632. The van der Waals surface area contributed by atoms with Crippen molar-refractivity contribution in [2.75, 3.05) is 12.0 Å². The van der Waals surface area contributed by atoms with Gasteiger partial charge in [0, 0.05) is 28.4 Å². The van der Waals surface area contributed by atoms with Crippen molar-refractivity contribution in [2.24, 2.45) is 0 Å². The Labute approximate surface area is 133 Å². The van der Waals surface area contributed by atoms with Gasteiger partial charge in [0.25, 0.3) is 5.56 Å². The smallest absolute Gasteiger partial charge is 0.277 e. The molecule has 4 rings (SSSR count). The summed E-state index contributed by atoms with van der Waals surface area (Å²) in [6.07, 6.45) is 0.892. The van der Waals surface area contributed by atoms with Gasteiger partial charge in [-0.3, -0.25) is 9.59 Å². The fraction of sp³-hybridized carbons (Fsp3) is 0.158. The minimum atomic E-state index is -0.114. The second kappa shape index (κ2) is 5.09. The molecule has 1 aliphatic carbocycles. The normalized spacial score (nSPS) is 12.3. The molecule has 0 spiro atoms. The summed E-state index contributed by atoms with van der Waals surface area (Å²) in [4.78, 5) is 25.8. The van der Waals surface area contributed by atoms with E-state index in [-0.39, 0.29) is 11.3 Å². The number of pyridine rings is 1. The number of carbonyl (C=O) groups excluding carboxylic acids is 1. The predicted octanol–water partition coefficient (Wildman–Crippen LogP) is 3.17. The topological polar surface area (TPSA) is 51.1 Å². The number of aromatic nitrogens is 1. The molecule has 2 aromatic carbocycles. The monoisotopic (exact) mass is 304 g/mol. The summed E-state index contributed by atoms with van der Waals surface area (Å²) in [6.45, 7) is 2.71. The first-order valence-corrected chi connectivity index (χ1v) is 7.79. The van der Waals surface area contributed by atoms with Crippen LogP contribution in [-0.4, -0.2) is 17.0 Å². The number of hydrogen-bond donors (Lipinski definition) is 1. The number of carbonyl (C=O) groups is 1. The molecule has 0 saturated heterocycles. The maximum atomic E-state index is 12.9. The summed E-state index contributed by atoms with van der Waals surface area (Å²) in [6, 6.07) is 14.8. The Morgan fingerprint density at radius 2 is 1.57 bits per heavy atom. The van der Waals surface area contributed by atoms with Crippen LogP contribution in [0, 0.1) is 0 Å². The lowest BCUT2D eigenvalue weighted by Gasteiger charge is -2.16. The van der Waals surface area contributed by atoms with Crippen LogP contribution in [0.3, 0.4) is 0 Å². The highest BCUT2D eigenvalue weighted by Crippen LogP contribution is 2.38. The summed E-state index contributed by atoms with van der Waals surface area (Å²) in [7, 11) is 0. The highest BCUT2D eigenvalue weighted by molar-refractivity contribution is 6.26. The Bertz CT molecular complexity index is 1000. The third-order valence-corrected chi connectivity index (χ3v) is 4.26. The van der Waals surface area contributed by atoms with Crippen LogP contribution < -0.4 is 11.0 Å². The fourth-order valence-electron chi connectivity index (χ4n) is 3.23. The summed E-state index contributed by atoms with van der Waals surface area (Å²) in [5, 5.41) is 1.29. The highest BCUT2D eigenvalue weighted by atomic mass is 16.1. The van der Waals surface area contributed by atoms with Gasteiger partial charge in [0.2, 0.25) is 0 Å². The van der Waals surface area contributed by atoms with Crippen molar-refractivity contribution < 1.29 is 4.79 Å². The number of nitrogens with one attached hydrogen (secondary N) is 1. The first kappa shape index (κ1) is 13.8. The first-order chi connectivity index (χ1) is 11.2. The average Bonchev–Trinajstić information content (AvgIpc) is 2.89. The van der Waals surface area contributed by atoms with Gasteiger partial charge in [-0.1, -0.05) is 49.4 Å². The average molecular weight is 304 g/mol. The molecule has 114 valence electrons. The van der Waals surface area contributed by atoms with E-state index in [4.69, 9.17) is 0 Å². The van der Waals surface area contributed by atoms with E-state index in [0.29, 0.717) is 28.8 Å². The van der Waals surface area contributed by atoms with Crippen LogP contribution in [0.5, 0.6) is 0 Å². The van der Waals surface area contributed by atoms with E-state index in [0.717, 1.165) is 17.4 Å². The summed E-state index contributed by atoms with van der Waals surface area (Å²) < 4.78 is 1.55.